The van der Waals surface area contributed by atoms with Gasteiger partial charge in [-0.05, 0) is 37.1 Å². The van der Waals surface area contributed by atoms with Gasteiger partial charge in [-0.25, -0.2) is 23.1 Å². The van der Waals surface area contributed by atoms with Gasteiger partial charge in [0.05, 0.1) is 12.7 Å². The Hall–Kier alpha value is -3.14. The summed E-state index contributed by atoms with van der Waals surface area (Å²) in [6.45, 7) is -0.307. The predicted molar refractivity (Wildman–Crippen MR) is 120 cm³/mol. The summed E-state index contributed by atoms with van der Waals surface area (Å²) in [5.41, 5.74) is -0.0955. The van der Waals surface area contributed by atoms with E-state index in [1.54, 1.807) is 30.3 Å². The lowest BCUT2D eigenvalue weighted by molar-refractivity contribution is -0.124. The maximum absolute atomic E-state index is 14.1. The van der Waals surface area contributed by atoms with Gasteiger partial charge in [0, 0.05) is 54.2 Å². The van der Waals surface area contributed by atoms with Crippen LogP contribution in [-0.2, 0) is 4.79 Å². The summed E-state index contributed by atoms with van der Waals surface area (Å²) in [6.07, 6.45) is 5.49. The van der Waals surface area contributed by atoms with E-state index < -0.39 is 29.5 Å². The van der Waals surface area contributed by atoms with Crippen molar-refractivity contribution in [1.82, 2.24) is 20.4 Å². The molecule has 1 saturated carbocycles. The summed E-state index contributed by atoms with van der Waals surface area (Å²) < 4.78 is 46.4. The maximum atomic E-state index is 14.1. The molecule has 1 N–H and O–H groups in total. The molecule has 2 heterocycles. The van der Waals surface area contributed by atoms with Crippen molar-refractivity contribution >= 4 is 23.2 Å². The number of carbonyl (C=O) groups is 1. The maximum Gasteiger partial charge on any atom is 0.248 e. The zero-order chi connectivity index (χ0) is 24.1. The van der Waals surface area contributed by atoms with Crippen molar-refractivity contribution in [3.8, 4) is 11.3 Å². The first-order valence-corrected chi connectivity index (χ1v) is 11.2. The molecule has 11 heteroatoms. The van der Waals surface area contributed by atoms with E-state index in [0.717, 1.165) is 5.56 Å². The van der Waals surface area contributed by atoms with Crippen LogP contribution < -0.4 is 10.2 Å². The van der Waals surface area contributed by atoms with Crippen molar-refractivity contribution < 1.29 is 22.5 Å². The number of anilines is 1. The van der Waals surface area contributed by atoms with Crippen LogP contribution in [0.15, 0.2) is 59.8 Å². The number of amides is 1. The van der Waals surface area contributed by atoms with Gasteiger partial charge in [0.25, 0.3) is 0 Å². The summed E-state index contributed by atoms with van der Waals surface area (Å²) in [6, 6.07) is 7.19. The van der Waals surface area contributed by atoms with E-state index in [9.17, 15) is 18.0 Å². The number of nitrogens with one attached hydrogen (secondary N) is 1. The van der Waals surface area contributed by atoms with Crippen molar-refractivity contribution in [3.63, 3.8) is 0 Å². The number of hydrogen-bond donors (Lipinski definition) is 1. The van der Waals surface area contributed by atoms with E-state index in [1.807, 2.05) is 0 Å². The fourth-order valence-electron chi connectivity index (χ4n) is 4.08. The van der Waals surface area contributed by atoms with Crippen molar-refractivity contribution in [1.29, 1.82) is 0 Å². The second-order valence-corrected chi connectivity index (χ2v) is 8.65. The lowest BCUT2D eigenvalue weighted by Crippen LogP contribution is -2.47. The van der Waals surface area contributed by atoms with Crippen LogP contribution in [0.5, 0.6) is 0 Å². The van der Waals surface area contributed by atoms with Gasteiger partial charge in [-0.3, -0.25) is 4.79 Å². The number of halogens is 4. The van der Waals surface area contributed by atoms with E-state index in [-0.39, 0.29) is 32.2 Å². The van der Waals surface area contributed by atoms with Crippen LogP contribution >= 0.6 is 11.6 Å². The molecule has 0 aliphatic heterocycles. The Bertz CT molecular complexity index is 1060. The molecule has 0 radical (unpaired) electrons. The fraction of sp³-hybridized carbons (Fsp3) is 0.391. The molecule has 1 aliphatic carbocycles. The predicted octanol–water partition coefficient (Wildman–Crippen LogP) is 4.91. The molecule has 1 amide bonds. The standard InChI is InChI=1S/C23H23ClF3N5O2/c24-20(25)13-32(18-3-1-15(2-4-18)19-7-10-30-34-19)21(16-11-28-14-29-12-16)22(33)31-17-5-8-23(26,27)9-6-17/h1-4,7,10-12,14,17,20-21H,5-6,8-9,13H2,(H,31,33)/t20-,21-/m1/s1. The third-order valence-corrected chi connectivity index (χ3v) is 5.91. The summed E-state index contributed by atoms with van der Waals surface area (Å²) in [4.78, 5) is 22.9. The summed E-state index contributed by atoms with van der Waals surface area (Å²) in [5.74, 6) is -2.63. The van der Waals surface area contributed by atoms with Gasteiger partial charge in [0.15, 0.2) is 11.4 Å². The highest BCUT2D eigenvalue weighted by molar-refractivity contribution is 6.20. The van der Waals surface area contributed by atoms with E-state index in [2.05, 4.69) is 20.4 Å². The molecule has 2 atom stereocenters. The molecular formula is C23H23ClF3N5O2. The molecule has 3 aromatic rings. The normalized spacial score (nSPS) is 17.6. The molecule has 0 unspecified atom stereocenters. The topological polar surface area (TPSA) is 84.2 Å². The van der Waals surface area contributed by atoms with Gasteiger partial charge >= 0.3 is 0 Å². The van der Waals surface area contributed by atoms with E-state index >= 15 is 0 Å². The zero-order valence-electron chi connectivity index (χ0n) is 18.1. The Kier molecular flexibility index (Phi) is 7.35. The first-order valence-electron chi connectivity index (χ1n) is 10.8. The quantitative estimate of drug-likeness (QED) is 0.449. The van der Waals surface area contributed by atoms with Crippen LogP contribution in [0.25, 0.3) is 11.3 Å². The third kappa shape index (κ3) is 5.85. The van der Waals surface area contributed by atoms with Crippen LogP contribution in [0, 0.1) is 0 Å². The molecule has 1 aliphatic rings. The average Bonchev–Trinajstić information content (AvgIpc) is 3.36. The lowest BCUT2D eigenvalue weighted by atomic mass is 9.92. The largest absolute Gasteiger partial charge is 0.356 e. The van der Waals surface area contributed by atoms with Crippen molar-refractivity contribution in [2.45, 2.75) is 49.3 Å². The highest BCUT2D eigenvalue weighted by atomic mass is 35.5. The number of nitrogens with zero attached hydrogens (tertiary/aromatic N) is 4. The monoisotopic (exact) mass is 493 g/mol. The van der Waals surface area contributed by atoms with Gasteiger partial charge in [-0.15, -0.1) is 0 Å². The molecule has 1 aromatic carbocycles. The Labute approximate surface area is 199 Å². The molecule has 34 heavy (non-hydrogen) atoms. The fourth-order valence-corrected chi connectivity index (χ4v) is 4.23. The molecule has 7 nitrogen and oxygen atoms in total. The molecule has 1 fully saturated rings. The summed E-state index contributed by atoms with van der Waals surface area (Å²) in [7, 11) is 0. The van der Waals surface area contributed by atoms with Crippen molar-refractivity contribution in [2.24, 2.45) is 0 Å². The molecule has 0 spiro atoms. The van der Waals surface area contributed by atoms with Gasteiger partial charge in [0.1, 0.15) is 12.4 Å². The van der Waals surface area contributed by atoms with Gasteiger partial charge in [-0.2, -0.15) is 0 Å². The van der Waals surface area contributed by atoms with E-state index in [1.165, 1.54) is 29.8 Å². The van der Waals surface area contributed by atoms with Crippen molar-refractivity contribution in [3.05, 3.63) is 60.8 Å². The Morgan fingerprint density at radius 1 is 1.18 bits per heavy atom. The smallest absolute Gasteiger partial charge is 0.248 e. The summed E-state index contributed by atoms with van der Waals surface area (Å²) in [5, 5.41) is 6.54. The number of carbonyl (C=O) groups excluding carboxylic acids is 1. The summed E-state index contributed by atoms with van der Waals surface area (Å²) >= 11 is 5.72. The van der Waals surface area contributed by atoms with Crippen LogP contribution in [0.4, 0.5) is 18.9 Å². The number of alkyl halides is 4. The number of rotatable bonds is 8. The van der Waals surface area contributed by atoms with Crippen LogP contribution in [0.1, 0.15) is 37.3 Å². The third-order valence-electron chi connectivity index (χ3n) is 5.78. The Morgan fingerprint density at radius 2 is 1.85 bits per heavy atom. The highest BCUT2D eigenvalue weighted by Crippen LogP contribution is 2.34. The second kappa shape index (κ2) is 10.4. The van der Waals surface area contributed by atoms with Crippen LogP contribution in [0.3, 0.4) is 0 Å². The van der Waals surface area contributed by atoms with Crippen LogP contribution in [0.2, 0.25) is 0 Å². The van der Waals surface area contributed by atoms with E-state index in [4.69, 9.17) is 16.1 Å². The Morgan fingerprint density at radius 3 is 2.44 bits per heavy atom. The van der Waals surface area contributed by atoms with Gasteiger partial charge in [0.2, 0.25) is 11.8 Å². The number of aromatic nitrogens is 3. The lowest BCUT2D eigenvalue weighted by Gasteiger charge is -2.35. The average molecular weight is 494 g/mol. The number of hydrogen-bond acceptors (Lipinski definition) is 6. The van der Waals surface area contributed by atoms with Gasteiger partial charge in [-0.1, -0.05) is 16.8 Å². The highest BCUT2D eigenvalue weighted by Gasteiger charge is 2.37. The minimum atomic E-state index is -2.72. The molecule has 0 bridgehead atoms. The Balaban J connectivity index is 1.63. The first kappa shape index (κ1) is 24.0. The molecule has 2 aromatic heterocycles. The SMILES string of the molecule is O=C(NC1CCC(F)(F)CC1)[C@@H](c1cncnc1)N(C[C@@H](F)Cl)c1ccc(-c2ccno2)cc1. The van der Waals surface area contributed by atoms with Crippen molar-refractivity contribution in [2.75, 3.05) is 11.4 Å². The molecule has 4 rings (SSSR count). The molecular weight excluding hydrogens is 471 g/mol. The molecule has 0 saturated heterocycles. The minimum absolute atomic E-state index is 0.157. The van der Waals surface area contributed by atoms with Gasteiger partial charge < -0.3 is 14.7 Å². The second-order valence-electron chi connectivity index (χ2n) is 8.18. The van der Waals surface area contributed by atoms with Crippen LogP contribution in [-0.4, -0.2) is 45.2 Å². The minimum Gasteiger partial charge on any atom is -0.356 e. The molecule has 180 valence electrons. The number of benzene rings is 1. The zero-order valence-corrected chi connectivity index (χ0v) is 18.8. The first-order chi connectivity index (χ1) is 16.3. The van der Waals surface area contributed by atoms with E-state index in [0.29, 0.717) is 17.0 Å².